The van der Waals surface area contributed by atoms with Crippen LogP contribution < -0.4 is 5.56 Å². The number of amides is 1. The first kappa shape index (κ1) is 19.5. The molecule has 10 heteroatoms. The zero-order valence-electron chi connectivity index (χ0n) is 16.4. The quantitative estimate of drug-likeness (QED) is 0.643. The van der Waals surface area contributed by atoms with Crippen molar-refractivity contribution in [2.75, 3.05) is 13.1 Å². The fourth-order valence-electron chi connectivity index (χ4n) is 3.47. The molecule has 0 radical (unpaired) electrons. The summed E-state index contributed by atoms with van der Waals surface area (Å²) < 4.78 is 8.37. The molecule has 4 rings (SSSR count). The topological polar surface area (TPSA) is 95.1 Å². The molecule has 2 aromatic heterocycles. The number of hydrogen-bond acceptors (Lipinski definition) is 6. The third-order valence-corrected chi connectivity index (χ3v) is 5.31. The number of carbonyl (C=O) groups is 1. The van der Waals surface area contributed by atoms with Crippen molar-refractivity contribution >= 4 is 28.7 Å². The predicted octanol–water partition coefficient (Wildman–Crippen LogP) is 1.57. The number of rotatable bonds is 3. The minimum atomic E-state index is -0.415. The average Bonchev–Trinajstić information content (AvgIpc) is 3.10. The number of hydrogen-bond donors (Lipinski definition) is 0. The molecule has 29 heavy (non-hydrogen) atoms. The molecular weight excluding hydrogens is 396 g/mol. The second-order valence-corrected chi connectivity index (χ2v) is 7.75. The van der Waals surface area contributed by atoms with E-state index in [0.717, 1.165) is 5.56 Å². The van der Waals surface area contributed by atoms with E-state index in [0.29, 0.717) is 29.4 Å². The summed E-state index contributed by atoms with van der Waals surface area (Å²) in [6, 6.07) is 5.42. The standard InChI is InChI=1S/C19H21ClN6O3/c1-11-4-5-14(6-15(11)20)26-18-17(22-23-26)19(28)25(10-21-18)9-16(27)24-7-12(2)29-13(3)8-24/h4-6,10,12-13H,7-9H2,1-3H3/t12-,13-/m0/s1. The van der Waals surface area contributed by atoms with Gasteiger partial charge < -0.3 is 9.64 Å². The molecule has 1 aliphatic rings. The Hall–Kier alpha value is -2.78. The fourth-order valence-corrected chi connectivity index (χ4v) is 3.65. The fraction of sp³-hybridized carbons (Fsp3) is 0.421. The Balaban J connectivity index is 1.63. The number of halogens is 1. The summed E-state index contributed by atoms with van der Waals surface area (Å²) in [5, 5.41) is 8.61. The van der Waals surface area contributed by atoms with Gasteiger partial charge in [0, 0.05) is 18.1 Å². The highest BCUT2D eigenvalue weighted by Gasteiger charge is 2.26. The van der Waals surface area contributed by atoms with Gasteiger partial charge in [-0.3, -0.25) is 14.2 Å². The van der Waals surface area contributed by atoms with E-state index >= 15 is 0 Å². The van der Waals surface area contributed by atoms with Crippen LogP contribution in [0.25, 0.3) is 16.9 Å². The summed E-state index contributed by atoms with van der Waals surface area (Å²) in [5.74, 6) is -0.159. The number of aromatic nitrogens is 5. The summed E-state index contributed by atoms with van der Waals surface area (Å²) in [6.45, 7) is 6.63. The van der Waals surface area contributed by atoms with Gasteiger partial charge in [-0.15, -0.1) is 5.10 Å². The van der Waals surface area contributed by atoms with E-state index in [1.807, 2.05) is 32.9 Å². The molecule has 1 aliphatic heterocycles. The average molecular weight is 417 g/mol. The van der Waals surface area contributed by atoms with Gasteiger partial charge in [0.2, 0.25) is 5.91 Å². The van der Waals surface area contributed by atoms with Crippen molar-refractivity contribution in [1.29, 1.82) is 0 Å². The molecule has 0 spiro atoms. The summed E-state index contributed by atoms with van der Waals surface area (Å²) in [7, 11) is 0. The van der Waals surface area contributed by atoms with Crippen LogP contribution >= 0.6 is 11.6 Å². The van der Waals surface area contributed by atoms with E-state index in [1.54, 1.807) is 11.0 Å². The minimum Gasteiger partial charge on any atom is -0.372 e. The smallest absolute Gasteiger partial charge is 0.284 e. The van der Waals surface area contributed by atoms with Gasteiger partial charge in [-0.2, -0.15) is 4.68 Å². The van der Waals surface area contributed by atoms with Gasteiger partial charge in [0.25, 0.3) is 5.56 Å². The summed E-state index contributed by atoms with van der Waals surface area (Å²) in [6.07, 6.45) is 1.27. The van der Waals surface area contributed by atoms with Crippen molar-refractivity contribution in [3.8, 4) is 5.69 Å². The lowest BCUT2D eigenvalue weighted by Gasteiger charge is -2.35. The van der Waals surface area contributed by atoms with Crippen molar-refractivity contribution in [3.05, 3.63) is 45.5 Å². The molecule has 9 nitrogen and oxygen atoms in total. The van der Waals surface area contributed by atoms with Crippen LogP contribution in [0.5, 0.6) is 0 Å². The van der Waals surface area contributed by atoms with E-state index < -0.39 is 5.56 Å². The van der Waals surface area contributed by atoms with Crippen LogP contribution in [0.4, 0.5) is 0 Å². The number of benzene rings is 1. The number of aryl methyl sites for hydroxylation is 1. The maximum absolute atomic E-state index is 12.8. The maximum Gasteiger partial charge on any atom is 0.284 e. The molecule has 0 saturated carbocycles. The number of fused-ring (bicyclic) bond motifs is 1. The Labute approximate surface area is 171 Å². The molecule has 0 bridgehead atoms. The minimum absolute atomic E-state index is 0.0405. The van der Waals surface area contributed by atoms with Crippen LogP contribution in [-0.2, 0) is 16.1 Å². The molecule has 1 amide bonds. The van der Waals surface area contributed by atoms with E-state index in [2.05, 4.69) is 15.3 Å². The number of ether oxygens (including phenoxy) is 1. The maximum atomic E-state index is 12.8. The molecule has 1 saturated heterocycles. The molecule has 1 fully saturated rings. The number of nitrogens with zero attached hydrogens (tertiary/aromatic N) is 6. The van der Waals surface area contributed by atoms with E-state index in [-0.39, 0.29) is 30.2 Å². The van der Waals surface area contributed by atoms with Gasteiger partial charge in [-0.05, 0) is 38.5 Å². The lowest BCUT2D eigenvalue weighted by Crippen LogP contribution is -2.49. The molecule has 0 N–H and O–H groups in total. The van der Waals surface area contributed by atoms with Crippen LogP contribution in [0.2, 0.25) is 5.02 Å². The molecule has 2 atom stereocenters. The van der Waals surface area contributed by atoms with Crippen LogP contribution in [-0.4, -0.2) is 60.6 Å². The van der Waals surface area contributed by atoms with Crippen LogP contribution in [0, 0.1) is 6.92 Å². The Morgan fingerprint density at radius 3 is 2.69 bits per heavy atom. The van der Waals surface area contributed by atoms with Crippen molar-refractivity contribution < 1.29 is 9.53 Å². The second-order valence-electron chi connectivity index (χ2n) is 7.34. The largest absolute Gasteiger partial charge is 0.372 e. The van der Waals surface area contributed by atoms with E-state index in [9.17, 15) is 9.59 Å². The summed E-state index contributed by atoms with van der Waals surface area (Å²) >= 11 is 6.19. The summed E-state index contributed by atoms with van der Waals surface area (Å²) in [4.78, 5) is 31.5. The molecule has 3 heterocycles. The van der Waals surface area contributed by atoms with Gasteiger partial charge >= 0.3 is 0 Å². The Bertz CT molecular complexity index is 1130. The monoisotopic (exact) mass is 416 g/mol. The first-order chi connectivity index (χ1) is 13.8. The van der Waals surface area contributed by atoms with Gasteiger partial charge in [0.05, 0.1) is 17.9 Å². The van der Waals surface area contributed by atoms with E-state index in [1.165, 1.54) is 15.6 Å². The van der Waals surface area contributed by atoms with Crippen LogP contribution in [0.1, 0.15) is 19.4 Å². The molecule has 0 aliphatic carbocycles. The first-order valence-electron chi connectivity index (χ1n) is 9.34. The third kappa shape index (κ3) is 3.75. The van der Waals surface area contributed by atoms with Gasteiger partial charge in [0.15, 0.2) is 11.2 Å². The Kier molecular flexibility index (Phi) is 5.10. The predicted molar refractivity (Wildman–Crippen MR) is 107 cm³/mol. The number of carbonyl (C=O) groups excluding carboxylic acids is 1. The van der Waals surface area contributed by atoms with Crippen molar-refractivity contribution in [1.82, 2.24) is 29.4 Å². The lowest BCUT2D eigenvalue weighted by molar-refractivity contribution is -0.143. The molecule has 3 aromatic rings. The van der Waals surface area contributed by atoms with Crippen molar-refractivity contribution in [2.24, 2.45) is 0 Å². The van der Waals surface area contributed by atoms with Crippen LogP contribution in [0.3, 0.4) is 0 Å². The molecule has 0 unspecified atom stereocenters. The zero-order chi connectivity index (χ0) is 20.7. The highest BCUT2D eigenvalue weighted by atomic mass is 35.5. The molecular formula is C19H21ClN6O3. The van der Waals surface area contributed by atoms with E-state index in [4.69, 9.17) is 16.3 Å². The highest BCUT2D eigenvalue weighted by Crippen LogP contribution is 2.20. The molecule has 1 aromatic carbocycles. The van der Waals surface area contributed by atoms with Gasteiger partial charge in [0.1, 0.15) is 12.9 Å². The van der Waals surface area contributed by atoms with Crippen molar-refractivity contribution in [2.45, 2.75) is 39.5 Å². The first-order valence-corrected chi connectivity index (χ1v) is 9.72. The Morgan fingerprint density at radius 1 is 1.28 bits per heavy atom. The second kappa shape index (κ2) is 7.57. The van der Waals surface area contributed by atoms with Crippen LogP contribution in [0.15, 0.2) is 29.3 Å². The van der Waals surface area contributed by atoms with Gasteiger partial charge in [-0.25, -0.2) is 4.98 Å². The number of morpholine rings is 1. The Morgan fingerprint density at radius 2 is 2.00 bits per heavy atom. The van der Waals surface area contributed by atoms with Crippen molar-refractivity contribution in [3.63, 3.8) is 0 Å². The summed E-state index contributed by atoms with van der Waals surface area (Å²) in [5.41, 5.74) is 1.58. The SMILES string of the molecule is Cc1ccc(-n2nnc3c(=O)n(CC(=O)N4C[C@H](C)O[C@@H](C)C4)cnc32)cc1Cl. The van der Waals surface area contributed by atoms with Gasteiger partial charge in [-0.1, -0.05) is 22.9 Å². The molecule has 152 valence electrons. The zero-order valence-corrected chi connectivity index (χ0v) is 17.1. The third-order valence-electron chi connectivity index (χ3n) is 4.91. The normalized spacial score (nSPS) is 19.7. The highest BCUT2D eigenvalue weighted by molar-refractivity contribution is 6.31. The lowest BCUT2D eigenvalue weighted by atomic mass is 10.2.